The van der Waals surface area contributed by atoms with Crippen molar-refractivity contribution in [2.75, 3.05) is 13.2 Å². The second kappa shape index (κ2) is 8.31. The van der Waals surface area contributed by atoms with Gasteiger partial charge in [0.1, 0.15) is 11.7 Å². The highest BCUT2D eigenvalue weighted by atomic mass is 16.8. The molecule has 2 heterocycles. The molecule has 0 aromatic carbocycles. The van der Waals surface area contributed by atoms with Crippen LogP contribution in [0.25, 0.3) is 0 Å². The third-order valence-electron chi connectivity index (χ3n) is 10.4. The minimum absolute atomic E-state index is 0.143. The van der Waals surface area contributed by atoms with Crippen LogP contribution in [0.15, 0.2) is 12.2 Å². The van der Waals surface area contributed by atoms with Crippen molar-refractivity contribution in [3.63, 3.8) is 0 Å². The first-order valence-corrected chi connectivity index (χ1v) is 13.8. The second-order valence-electron chi connectivity index (χ2n) is 12.5. The Morgan fingerprint density at radius 1 is 1.19 bits per heavy atom. The van der Waals surface area contributed by atoms with Crippen molar-refractivity contribution in [2.24, 2.45) is 29.6 Å². The lowest BCUT2D eigenvalue weighted by molar-refractivity contribution is -0.333. The maximum Gasteiger partial charge on any atom is 0.190 e. The molecule has 5 aliphatic rings. The molecule has 2 saturated carbocycles. The van der Waals surface area contributed by atoms with Crippen LogP contribution < -0.4 is 0 Å². The Morgan fingerprint density at radius 2 is 1.89 bits per heavy atom. The summed E-state index contributed by atoms with van der Waals surface area (Å²) in [7, 11) is 0. The number of ketones is 1. The minimum atomic E-state index is -2.03. The molecule has 1 spiro atoms. The zero-order valence-electron chi connectivity index (χ0n) is 22.7. The molecule has 8 nitrogen and oxygen atoms in total. The van der Waals surface area contributed by atoms with Crippen LogP contribution >= 0.6 is 0 Å². The molecule has 0 radical (unpaired) electrons. The summed E-state index contributed by atoms with van der Waals surface area (Å²) in [5.41, 5.74) is -5.63. The van der Waals surface area contributed by atoms with Crippen molar-refractivity contribution < 1.29 is 39.1 Å². The van der Waals surface area contributed by atoms with E-state index in [1.807, 2.05) is 20.8 Å². The molecule has 2 unspecified atom stereocenters. The standard InChI is InChI=1S/C28H44O8/c1-8-15(4)13-33-25(10-3)17(9-2)20-22-26(35-22)14-34-24(6,7)36-23(26)28(32)18(11-12-19(28)29)27(20,31)16(5)21(25)30/h11-12,15-18,20-23,30-32H,8-10,13-14H2,1-7H3/t15?,16-,17+,18+,20-,21-,22+,23?,25-,26+,27+,28-/m1/s1. The molecule has 3 N–H and O–H groups in total. The van der Waals surface area contributed by atoms with Crippen molar-refractivity contribution in [1.29, 1.82) is 0 Å². The Balaban J connectivity index is 1.68. The fraction of sp³-hybridized carbons (Fsp3) is 0.893. The topological polar surface area (TPSA) is 118 Å². The highest BCUT2D eigenvalue weighted by molar-refractivity contribution is 6.01. The molecule has 0 aromatic rings. The van der Waals surface area contributed by atoms with Gasteiger partial charge in [-0.2, -0.15) is 0 Å². The summed E-state index contributed by atoms with van der Waals surface area (Å²) in [6.07, 6.45) is 2.58. The quantitative estimate of drug-likeness (QED) is 0.468. The Labute approximate surface area is 214 Å². The highest BCUT2D eigenvalue weighted by Gasteiger charge is 2.85. The smallest absolute Gasteiger partial charge is 0.190 e. The molecule has 36 heavy (non-hydrogen) atoms. The molecular weight excluding hydrogens is 464 g/mol. The summed E-state index contributed by atoms with van der Waals surface area (Å²) < 4.78 is 25.4. The summed E-state index contributed by atoms with van der Waals surface area (Å²) in [4.78, 5) is 13.3. The second-order valence-corrected chi connectivity index (χ2v) is 12.5. The van der Waals surface area contributed by atoms with E-state index in [2.05, 4.69) is 13.8 Å². The van der Waals surface area contributed by atoms with E-state index in [0.29, 0.717) is 25.4 Å². The van der Waals surface area contributed by atoms with Crippen LogP contribution in [-0.2, 0) is 23.7 Å². The van der Waals surface area contributed by atoms with Gasteiger partial charge in [-0.1, -0.05) is 47.1 Å². The Bertz CT molecular complexity index is 935. The van der Waals surface area contributed by atoms with Crippen LogP contribution in [0.1, 0.15) is 67.7 Å². The highest BCUT2D eigenvalue weighted by Crippen LogP contribution is 2.68. The molecule has 0 bridgehead atoms. The van der Waals surface area contributed by atoms with Crippen molar-refractivity contribution in [3.8, 4) is 0 Å². The first-order chi connectivity index (χ1) is 16.8. The Hall–Kier alpha value is -0.870. The van der Waals surface area contributed by atoms with E-state index < -0.39 is 70.0 Å². The number of hydrogen-bond acceptors (Lipinski definition) is 8. The van der Waals surface area contributed by atoms with E-state index in [1.54, 1.807) is 19.9 Å². The number of ether oxygens (including phenoxy) is 4. The maximum atomic E-state index is 13.3. The number of rotatable bonds is 6. The third kappa shape index (κ3) is 3.15. The molecule has 8 heteroatoms. The molecule has 204 valence electrons. The Kier molecular flexibility index (Phi) is 6.17. The van der Waals surface area contributed by atoms with Crippen molar-refractivity contribution in [3.05, 3.63) is 12.2 Å². The molecule has 0 aromatic heterocycles. The number of carbonyl (C=O) groups excluding carboxylic acids is 1. The lowest BCUT2D eigenvalue weighted by Crippen LogP contribution is -2.74. The van der Waals surface area contributed by atoms with Gasteiger partial charge in [0.2, 0.25) is 0 Å². The SMILES string of the molecule is CCC(C)CO[C@@]1(CC)[C@H](O)[C@@H](C)[C@@]2(O)[C@H]([C@@H]1CC)[C@@H]1O[C@@]13COC(C)(C)OC3[C@]1(O)C(=O)C=C[C@@H]21. The van der Waals surface area contributed by atoms with Gasteiger partial charge in [-0.25, -0.2) is 0 Å². The monoisotopic (exact) mass is 508 g/mol. The number of carbonyl (C=O) groups is 1. The average Bonchev–Trinajstić information content (AvgIpc) is 3.48. The normalized spacial score (nSPS) is 53.6. The summed E-state index contributed by atoms with van der Waals surface area (Å²) in [6.45, 7) is 14.3. The molecule has 3 aliphatic carbocycles. The predicted octanol–water partition coefficient (Wildman–Crippen LogP) is 2.37. The van der Waals surface area contributed by atoms with Gasteiger partial charge in [-0.15, -0.1) is 0 Å². The molecule has 4 fully saturated rings. The van der Waals surface area contributed by atoms with Crippen molar-refractivity contribution >= 4 is 5.78 Å². The van der Waals surface area contributed by atoms with Crippen LogP contribution in [0.3, 0.4) is 0 Å². The molecule has 5 rings (SSSR count). The number of fused-ring (bicyclic) bond motifs is 5. The maximum absolute atomic E-state index is 13.3. The van der Waals surface area contributed by atoms with Gasteiger partial charge in [0.15, 0.2) is 17.2 Å². The van der Waals surface area contributed by atoms with Gasteiger partial charge in [0.25, 0.3) is 0 Å². The molecule has 12 atom stereocenters. The summed E-state index contributed by atoms with van der Waals surface area (Å²) in [6, 6.07) is 0. The Morgan fingerprint density at radius 3 is 2.50 bits per heavy atom. The number of epoxide rings is 1. The van der Waals surface area contributed by atoms with Gasteiger partial charge in [-0.3, -0.25) is 4.79 Å². The summed E-state index contributed by atoms with van der Waals surface area (Å²) in [5, 5.41) is 36.8. The summed E-state index contributed by atoms with van der Waals surface area (Å²) in [5.74, 6) is -3.68. The van der Waals surface area contributed by atoms with Gasteiger partial charge in [0, 0.05) is 17.8 Å². The van der Waals surface area contributed by atoms with E-state index in [-0.39, 0.29) is 12.5 Å². The lowest BCUT2D eigenvalue weighted by atomic mass is 9.50. The average molecular weight is 509 g/mol. The predicted molar refractivity (Wildman–Crippen MR) is 131 cm³/mol. The van der Waals surface area contributed by atoms with Crippen LogP contribution in [0.4, 0.5) is 0 Å². The third-order valence-corrected chi connectivity index (χ3v) is 10.4. The van der Waals surface area contributed by atoms with Gasteiger partial charge in [0.05, 0.1) is 36.6 Å². The fourth-order valence-electron chi connectivity index (χ4n) is 8.11. The molecule has 2 aliphatic heterocycles. The van der Waals surface area contributed by atoms with Crippen LogP contribution in [-0.4, -0.2) is 80.8 Å². The van der Waals surface area contributed by atoms with E-state index in [0.717, 1.165) is 6.42 Å². The van der Waals surface area contributed by atoms with E-state index in [1.165, 1.54) is 6.08 Å². The van der Waals surface area contributed by atoms with Crippen LogP contribution in [0.5, 0.6) is 0 Å². The van der Waals surface area contributed by atoms with E-state index >= 15 is 0 Å². The van der Waals surface area contributed by atoms with E-state index in [9.17, 15) is 20.1 Å². The first kappa shape index (κ1) is 26.7. The minimum Gasteiger partial charge on any atom is -0.390 e. The van der Waals surface area contributed by atoms with Crippen molar-refractivity contribution in [2.45, 2.75) is 114 Å². The van der Waals surface area contributed by atoms with Gasteiger partial charge >= 0.3 is 0 Å². The zero-order chi connectivity index (χ0) is 26.5. The number of hydrogen-bond donors (Lipinski definition) is 3. The fourth-order valence-corrected chi connectivity index (χ4v) is 8.11. The van der Waals surface area contributed by atoms with E-state index in [4.69, 9.17) is 18.9 Å². The van der Waals surface area contributed by atoms with Gasteiger partial charge in [-0.05, 0) is 44.6 Å². The van der Waals surface area contributed by atoms with Crippen LogP contribution in [0, 0.1) is 29.6 Å². The molecular formula is C28H44O8. The summed E-state index contributed by atoms with van der Waals surface area (Å²) >= 11 is 0. The lowest BCUT2D eigenvalue weighted by Gasteiger charge is -2.61. The first-order valence-electron chi connectivity index (χ1n) is 13.8. The molecule has 2 saturated heterocycles. The largest absolute Gasteiger partial charge is 0.390 e. The number of aliphatic hydroxyl groups excluding tert-OH is 1. The van der Waals surface area contributed by atoms with Gasteiger partial charge < -0.3 is 34.3 Å². The van der Waals surface area contributed by atoms with Crippen molar-refractivity contribution in [1.82, 2.24) is 0 Å². The molecule has 0 amide bonds. The van der Waals surface area contributed by atoms with Crippen LogP contribution in [0.2, 0.25) is 0 Å². The zero-order valence-corrected chi connectivity index (χ0v) is 22.7. The number of aliphatic hydroxyl groups is 3.